The molecule has 2 heteroatoms. The molecule has 0 saturated carbocycles. The lowest BCUT2D eigenvalue weighted by Crippen LogP contribution is -2.25. The summed E-state index contributed by atoms with van der Waals surface area (Å²) in [7, 11) is 1.00. The molecule has 0 atom stereocenters. The summed E-state index contributed by atoms with van der Waals surface area (Å²) in [4.78, 5) is 2.54. The number of hydrogen-bond donors (Lipinski definition) is 1. The number of aliphatic hydroxyl groups excluding tert-OH is 1. The summed E-state index contributed by atoms with van der Waals surface area (Å²) in [5, 5.41) is 7.00. The Morgan fingerprint density at radius 1 is 0.750 bits per heavy atom. The van der Waals surface area contributed by atoms with Crippen molar-refractivity contribution in [1.82, 2.24) is 4.90 Å². The Morgan fingerprint density at radius 2 is 1.00 bits per heavy atom. The lowest BCUT2D eigenvalue weighted by molar-refractivity contribution is 0.275. The third kappa shape index (κ3) is 9.92. The zero-order valence-corrected chi connectivity index (χ0v) is 9.14. The third-order valence-corrected chi connectivity index (χ3v) is 1.62. The molecule has 0 aliphatic heterocycles. The Kier molecular flexibility index (Phi) is 16.3. The first kappa shape index (κ1) is 14.4. The fourth-order valence-electron chi connectivity index (χ4n) is 1.28. The Labute approximate surface area is 77.6 Å². The van der Waals surface area contributed by atoms with Crippen molar-refractivity contribution in [2.24, 2.45) is 0 Å². The molecule has 0 aliphatic carbocycles. The highest BCUT2D eigenvalue weighted by molar-refractivity contribution is 4.53. The molecule has 76 valence electrons. The van der Waals surface area contributed by atoms with Gasteiger partial charge in [0.2, 0.25) is 0 Å². The quantitative estimate of drug-likeness (QED) is 0.668. The van der Waals surface area contributed by atoms with Crippen LogP contribution >= 0.6 is 0 Å². The van der Waals surface area contributed by atoms with Crippen molar-refractivity contribution >= 4 is 0 Å². The van der Waals surface area contributed by atoms with Gasteiger partial charge in [-0.15, -0.1) is 0 Å². The van der Waals surface area contributed by atoms with Crippen LogP contribution in [0.5, 0.6) is 0 Å². The molecule has 0 bridgehead atoms. The largest absolute Gasteiger partial charge is 0.400 e. The van der Waals surface area contributed by atoms with Gasteiger partial charge in [-0.05, 0) is 38.9 Å². The van der Waals surface area contributed by atoms with E-state index in [1.54, 1.807) is 0 Å². The highest BCUT2D eigenvalue weighted by atomic mass is 16.2. The van der Waals surface area contributed by atoms with Gasteiger partial charge in [0.1, 0.15) is 0 Å². The van der Waals surface area contributed by atoms with Gasteiger partial charge in [-0.25, -0.2) is 0 Å². The minimum absolute atomic E-state index is 1.00. The summed E-state index contributed by atoms with van der Waals surface area (Å²) in [5.74, 6) is 0. The first-order valence-electron chi connectivity index (χ1n) is 5.02. The van der Waals surface area contributed by atoms with Crippen LogP contribution in [0.3, 0.4) is 0 Å². The maximum absolute atomic E-state index is 7.00. The van der Waals surface area contributed by atoms with Gasteiger partial charge >= 0.3 is 0 Å². The van der Waals surface area contributed by atoms with Crippen molar-refractivity contribution in [3.05, 3.63) is 0 Å². The van der Waals surface area contributed by atoms with Gasteiger partial charge in [0.05, 0.1) is 0 Å². The molecule has 0 spiro atoms. The van der Waals surface area contributed by atoms with Crippen LogP contribution in [-0.2, 0) is 0 Å². The van der Waals surface area contributed by atoms with E-state index in [0.717, 1.165) is 7.11 Å². The minimum Gasteiger partial charge on any atom is -0.400 e. The molecule has 0 heterocycles. The standard InChI is InChI=1S/C9H21N.CH4O/c1-4-7-10(8-5-2)9-6-3;1-2/h4-9H2,1-3H3;2H,1H3. The van der Waals surface area contributed by atoms with E-state index in [1.807, 2.05) is 0 Å². The van der Waals surface area contributed by atoms with E-state index in [0.29, 0.717) is 0 Å². The van der Waals surface area contributed by atoms with Gasteiger partial charge in [-0.3, -0.25) is 0 Å². The molecular formula is C10H25NO. The first-order valence-corrected chi connectivity index (χ1v) is 5.02. The Balaban J connectivity index is 0. The number of hydrogen-bond acceptors (Lipinski definition) is 2. The first-order chi connectivity index (χ1) is 5.85. The molecule has 0 aromatic heterocycles. The lowest BCUT2D eigenvalue weighted by Gasteiger charge is -2.19. The zero-order chi connectivity index (χ0) is 9.82. The molecule has 12 heavy (non-hydrogen) atoms. The zero-order valence-electron chi connectivity index (χ0n) is 9.14. The predicted octanol–water partition coefficient (Wildman–Crippen LogP) is 2.13. The maximum atomic E-state index is 7.00. The van der Waals surface area contributed by atoms with Gasteiger partial charge in [-0.2, -0.15) is 0 Å². The van der Waals surface area contributed by atoms with E-state index in [-0.39, 0.29) is 0 Å². The number of nitrogens with zero attached hydrogens (tertiary/aromatic N) is 1. The minimum atomic E-state index is 1.00. The van der Waals surface area contributed by atoms with Crippen LogP contribution in [0.4, 0.5) is 0 Å². The molecule has 0 radical (unpaired) electrons. The second-order valence-corrected chi connectivity index (χ2v) is 2.84. The Morgan fingerprint density at radius 3 is 1.17 bits per heavy atom. The van der Waals surface area contributed by atoms with Gasteiger partial charge < -0.3 is 10.0 Å². The summed E-state index contributed by atoms with van der Waals surface area (Å²) in [6, 6.07) is 0. The van der Waals surface area contributed by atoms with E-state index < -0.39 is 0 Å². The third-order valence-electron chi connectivity index (χ3n) is 1.62. The average molecular weight is 175 g/mol. The lowest BCUT2D eigenvalue weighted by atomic mass is 10.3. The molecule has 0 aromatic rings. The van der Waals surface area contributed by atoms with Gasteiger partial charge in [-0.1, -0.05) is 20.8 Å². The van der Waals surface area contributed by atoms with Crippen LogP contribution in [0.25, 0.3) is 0 Å². The summed E-state index contributed by atoms with van der Waals surface area (Å²) in [6.07, 6.45) is 3.88. The average Bonchev–Trinajstić information content (AvgIpc) is 2.10. The number of aliphatic hydroxyl groups is 1. The molecule has 0 aliphatic rings. The second kappa shape index (κ2) is 13.5. The van der Waals surface area contributed by atoms with Gasteiger partial charge in [0.25, 0.3) is 0 Å². The van der Waals surface area contributed by atoms with Crippen molar-refractivity contribution in [2.45, 2.75) is 40.0 Å². The van der Waals surface area contributed by atoms with E-state index in [2.05, 4.69) is 25.7 Å². The molecule has 0 aromatic carbocycles. The van der Waals surface area contributed by atoms with E-state index in [4.69, 9.17) is 5.11 Å². The molecule has 1 N–H and O–H groups in total. The van der Waals surface area contributed by atoms with Crippen molar-refractivity contribution in [3.63, 3.8) is 0 Å². The van der Waals surface area contributed by atoms with E-state index >= 15 is 0 Å². The van der Waals surface area contributed by atoms with Crippen molar-refractivity contribution in [2.75, 3.05) is 26.7 Å². The monoisotopic (exact) mass is 175 g/mol. The highest BCUT2D eigenvalue weighted by Gasteiger charge is 1.98. The van der Waals surface area contributed by atoms with Crippen LogP contribution in [-0.4, -0.2) is 36.8 Å². The van der Waals surface area contributed by atoms with Crippen LogP contribution in [0.15, 0.2) is 0 Å². The molecule has 0 saturated heterocycles. The maximum Gasteiger partial charge on any atom is 0.0319 e. The van der Waals surface area contributed by atoms with Crippen LogP contribution < -0.4 is 0 Å². The van der Waals surface area contributed by atoms with E-state index in [9.17, 15) is 0 Å². The summed E-state index contributed by atoms with van der Waals surface area (Å²) in [5.41, 5.74) is 0. The fourth-order valence-corrected chi connectivity index (χ4v) is 1.28. The second-order valence-electron chi connectivity index (χ2n) is 2.84. The van der Waals surface area contributed by atoms with Crippen molar-refractivity contribution in [3.8, 4) is 0 Å². The van der Waals surface area contributed by atoms with Crippen LogP contribution in [0.2, 0.25) is 0 Å². The smallest absolute Gasteiger partial charge is 0.0319 e. The Bertz CT molecular complexity index is 52.6. The summed E-state index contributed by atoms with van der Waals surface area (Å²) < 4.78 is 0. The molecular weight excluding hydrogens is 150 g/mol. The molecule has 0 fully saturated rings. The molecule has 0 rings (SSSR count). The van der Waals surface area contributed by atoms with Crippen LogP contribution in [0.1, 0.15) is 40.0 Å². The summed E-state index contributed by atoms with van der Waals surface area (Å²) >= 11 is 0. The molecule has 0 unspecified atom stereocenters. The topological polar surface area (TPSA) is 23.5 Å². The Hall–Kier alpha value is -0.0800. The van der Waals surface area contributed by atoms with Gasteiger partial charge in [0, 0.05) is 7.11 Å². The summed E-state index contributed by atoms with van der Waals surface area (Å²) in [6.45, 7) is 10.6. The fraction of sp³-hybridized carbons (Fsp3) is 1.00. The van der Waals surface area contributed by atoms with Crippen molar-refractivity contribution < 1.29 is 5.11 Å². The van der Waals surface area contributed by atoms with Crippen molar-refractivity contribution in [1.29, 1.82) is 0 Å². The molecule has 2 nitrogen and oxygen atoms in total. The molecule has 0 amide bonds. The van der Waals surface area contributed by atoms with E-state index in [1.165, 1.54) is 38.9 Å². The van der Waals surface area contributed by atoms with Crippen LogP contribution in [0, 0.1) is 0 Å². The predicted molar refractivity (Wildman–Crippen MR) is 55.5 cm³/mol. The van der Waals surface area contributed by atoms with Gasteiger partial charge in [0.15, 0.2) is 0 Å². The number of rotatable bonds is 6. The SMILES string of the molecule is CCCN(CCC)CCC.CO. The highest BCUT2D eigenvalue weighted by Crippen LogP contribution is 1.94. The normalized spacial score (nSPS) is 9.50.